The van der Waals surface area contributed by atoms with Gasteiger partial charge in [-0.05, 0) is 43.0 Å². The molecule has 8 nitrogen and oxygen atoms in total. The van der Waals surface area contributed by atoms with Crippen LogP contribution in [0, 0.1) is 12.7 Å². The Balaban J connectivity index is 1.42. The second-order valence-corrected chi connectivity index (χ2v) is 10.6. The Morgan fingerprint density at radius 1 is 1.12 bits per heavy atom. The summed E-state index contributed by atoms with van der Waals surface area (Å²) in [6, 6.07) is 9.53. The smallest absolute Gasteiger partial charge is 0.389 e. The van der Waals surface area contributed by atoms with Crippen LogP contribution in [0.15, 0.2) is 48.7 Å². The van der Waals surface area contributed by atoms with E-state index in [1.54, 1.807) is 17.2 Å². The van der Waals surface area contributed by atoms with E-state index in [1.165, 1.54) is 41.0 Å². The quantitative estimate of drug-likeness (QED) is 0.384. The van der Waals surface area contributed by atoms with Crippen molar-refractivity contribution < 1.29 is 32.2 Å². The Bertz CT molecular complexity index is 1370. The van der Waals surface area contributed by atoms with Gasteiger partial charge in [0.05, 0.1) is 43.6 Å². The minimum absolute atomic E-state index is 0.0417. The molecule has 0 unspecified atom stereocenters. The summed E-state index contributed by atoms with van der Waals surface area (Å²) in [5, 5.41) is 14.7. The minimum Gasteiger partial charge on any atom is -0.389 e. The predicted molar refractivity (Wildman–Crippen MR) is 145 cm³/mol. The average molecular weight is 576 g/mol. The van der Waals surface area contributed by atoms with Crippen molar-refractivity contribution in [3.8, 4) is 0 Å². The van der Waals surface area contributed by atoms with Crippen molar-refractivity contribution in [2.45, 2.75) is 57.7 Å². The number of aryl methyl sites for hydroxylation is 1. The first-order chi connectivity index (χ1) is 19.6. The highest BCUT2D eigenvalue weighted by atomic mass is 19.4. The zero-order chi connectivity index (χ0) is 29.3. The first-order valence-corrected chi connectivity index (χ1v) is 13.5. The first kappa shape index (κ1) is 28.9. The third-order valence-electron chi connectivity index (χ3n) is 7.71. The van der Waals surface area contributed by atoms with E-state index in [1.807, 2.05) is 17.9 Å². The van der Waals surface area contributed by atoms with Crippen molar-refractivity contribution >= 4 is 17.5 Å². The van der Waals surface area contributed by atoms with Crippen LogP contribution in [0.25, 0.3) is 0 Å². The van der Waals surface area contributed by atoms with Gasteiger partial charge in [0.25, 0.3) is 0 Å². The summed E-state index contributed by atoms with van der Waals surface area (Å²) in [7, 11) is 1.46. The van der Waals surface area contributed by atoms with Gasteiger partial charge in [0.15, 0.2) is 5.82 Å². The number of carbonyl (C=O) groups is 1. The van der Waals surface area contributed by atoms with Crippen LogP contribution in [0.3, 0.4) is 0 Å². The number of benzene rings is 2. The molecule has 0 aliphatic carbocycles. The molecule has 0 saturated carbocycles. The van der Waals surface area contributed by atoms with Crippen LogP contribution in [0.4, 0.5) is 33.9 Å². The Kier molecular flexibility index (Phi) is 8.23. The number of para-hydroxylation sites is 1. The molecular weight excluding hydrogens is 542 g/mol. The van der Waals surface area contributed by atoms with Gasteiger partial charge >= 0.3 is 12.2 Å². The van der Waals surface area contributed by atoms with E-state index in [0.29, 0.717) is 37.2 Å². The molecule has 1 fully saturated rings. The largest absolute Gasteiger partial charge is 0.416 e. The molecule has 0 bridgehead atoms. The molecule has 1 aromatic heterocycles. The Morgan fingerprint density at radius 3 is 2.54 bits per heavy atom. The maximum Gasteiger partial charge on any atom is 0.416 e. The molecule has 1 atom stereocenters. The minimum atomic E-state index is -4.58. The fraction of sp³-hybridized carbons (Fsp3) is 0.448. The average Bonchev–Trinajstić information content (AvgIpc) is 3.32. The number of hydrogen-bond acceptors (Lipinski definition) is 5. The lowest BCUT2D eigenvalue weighted by molar-refractivity contribution is -0.138. The van der Waals surface area contributed by atoms with E-state index >= 15 is 0 Å². The number of hydrogen-bond donors (Lipinski definition) is 1. The second-order valence-electron chi connectivity index (χ2n) is 10.6. The van der Waals surface area contributed by atoms with Gasteiger partial charge in [-0.15, -0.1) is 0 Å². The summed E-state index contributed by atoms with van der Waals surface area (Å²) in [6.07, 6.45) is -2.57. The highest BCUT2D eigenvalue weighted by molar-refractivity contribution is 5.94. The van der Waals surface area contributed by atoms with Gasteiger partial charge in [0, 0.05) is 38.0 Å². The molecule has 2 aliphatic heterocycles. The molecule has 2 amide bonds. The number of alkyl halides is 3. The lowest BCUT2D eigenvalue weighted by Crippen LogP contribution is -2.54. The molecular formula is C29H33F4N5O3. The zero-order valence-corrected chi connectivity index (χ0v) is 22.9. The van der Waals surface area contributed by atoms with Gasteiger partial charge in [-0.25, -0.2) is 9.18 Å². The number of anilines is 2. The van der Waals surface area contributed by atoms with Crippen molar-refractivity contribution in [2.24, 2.45) is 0 Å². The number of nitrogens with zero attached hydrogens (tertiary/aromatic N) is 5. The molecule has 12 heteroatoms. The van der Waals surface area contributed by atoms with Gasteiger partial charge in [-0.1, -0.05) is 30.3 Å². The standard InChI is InChI=1S/C29H33F4N5O3/c1-19-6-5-9-25(30)26(19)35-12-10-22(11-13-35)37-16-21-14-36(17-23(39)18-41-2)34-27(21)38(28(37)40)15-20-7-3-4-8-24(20)29(31,32)33/h3-9,14,22-23,39H,10-13,15-18H2,1-2H3/t23-/m0/s1. The fourth-order valence-corrected chi connectivity index (χ4v) is 5.80. The number of carbonyl (C=O) groups excluding carboxylic acids is 1. The van der Waals surface area contributed by atoms with Crippen LogP contribution >= 0.6 is 0 Å². The SMILES string of the molecule is COC[C@@H](O)Cn1cc2c(n1)N(Cc1ccccc1C(F)(F)F)C(=O)N(C1CCN(c3c(C)cccc3F)CC1)C2. The summed E-state index contributed by atoms with van der Waals surface area (Å²) in [4.78, 5) is 18.9. The summed E-state index contributed by atoms with van der Waals surface area (Å²) in [6.45, 7) is 3.02. The van der Waals surface area contributed by atoms with Crippen LogP contribution in [0.2, 0.25) is 0 Å². The molecule has 3 aromatic rings. The van der Waals surface area contributed by atoms with E-state index in [4.69, 9.17) is 4.74 Å². The topological polar surface area (TPSA) is 74.1 Å². The summed E-state index contributed by atoms with van der Waals surface area (Å²) in [5.74, 6) is -0.0213. The van der Waals surface area contributed by atoms with Crippen LogP contribution in [-0.4, -0.2) is 64.8 Å². The molecule has 41 heavy (non-hydrogen) atoms. The van der Waals surface area contributed by atoms with Crippen LogP contribution in [0.1, 0.15) is 35.1 Å². The monoisotopic (exact) mass is 575 g/mol. The molecule has 0 radical (unpaired) electrons. The van der Waals surface area contributed by atoms with Crippen LogP contribution in [0.5, 0.6) is 0 Å². The lowest BCUT2D eigenvalue weighted by atomic mass is 10.00. The third kappa shape index (κ3) is 6.03. The summed E-state index contributed by atoms with van der Waals surface area (Å²) >= 11 is 0. The molecule has 2 aromatic carbocycles. The number of fused-ring (bicyclic) bond motifs is 1. The summed E-state index contributed by atoms with van der Waals surface area (Å²) < 4.78 is 62.5. The number of piperidine rings is 1. The Labute approximate surface area is 235 Å². The molecule has 3 heterocycles. The van der Waals surface area contributed by atoms with Crippen molar-refractivity contribution in [3.63, 3.8) is 0 Å². The van der Waals surface area contributed by atoms with E-state index in [-0.39, 0.29) is 49.5 Å². The second kappa shape index (κ2) is 11.7. The number of amides is 2. The van der Waals surface area contributed by atoms with Crippen molar-refractivity contribution in [1.82, 2.24) is 14.7 Å². The number of aliphatic hydroxyl groups excluding tert-OH is 1. The van der Waals surface area contributed by atoms with Crippen LogP contribution < -0.4 is 9.80 Å². The van der Waals surface area contributed by atoms with Crippen molar-refractivity contribution in [1.29, 1.82) is 0 Å². The lowest BCUT2D eigenvalue weighted by Gasteiger charge is -2.43. The van der Waals surface area contributed by atoms with Gasteiger partial charge in [0.1, 0.15) is 5.82 Å². The van der Waals surface area contributed by atoms with E-state index < -0.39 is 23.9 Å². The number of ether oxygens (including phenoxy) is 1. The van der Waals surface area contributed by atoms with Crippen molar-refractivity contribution in [2.75, 3.05) is 36.6 Å². The third-order valence-corrected chi connectivity index (χ3v) is 7.71. The van der Waals surface area contributed by atoms with E-state index in [2.05, 4.69) is 5.10 Å². The Hall–Kier alpha value is -3.64. The number of aliphatic hydroxyl groups is 1. The molecule has 1 saturated heterocycles. The van der Waals surface area contributed by atoms with Gasteiger partial charge in [0.2, 0.25) is 0 Å². The maximum atomic E-state index is 14.6. The van der Waals surface area contributed by atoms with Gasteiger partial charge < -0.3 is 19.6 Å². The van der Waals surface area contributed by atoms with E-state index in [0.717, 1.165) is 11.6 Å². The van der Waals surface area contributed by atoms with Crippen LogP contribution in [-0.2, 0) is 30.5 Å². The molecule has 5 rings (SSSR count). The first-order valence-electron chi connectivity index (χ1n) is 13.5. The normalized spacial score (nSPS) is 17.2. The number of urea groups is 1. The summed E-state index contributed by atoms with van der Waals surface area (Å²) in [5.41, 5.74) is 1.21. The maximum absolute atomic E-state index is 14.6. The number of halogens is 4. The van der Waals surface area contributed by atoms with Gasteiger partial charge in [-0.2, -0.15) is 18.3 Å². The number of rotatable bonds is 8. The van der Waals surface area contributed by atoms with E-state index in [9.17, 15) is 27.5 Å². The fourth-order valence-electron chi connectivity index (χ4n) is 5.80. The highest BCUT2D eigenvalue weighted by Crippen LogP contribution is 2.37. The molecule has 2 aliphatic rings. The zero-order valence-electron chi connectivity index (χ0n) is 22.9. The molecule has 220 valence electrons. The predicted octanol–water partition coefficient (Wildman–Crippen LogP) is 4.97. The Morgan fingerprint density at radius 2 is 1.85 bits per heavy atom. The highest BCUT2D eigenvalue weighted by Gasteiger charge is 2.40. The molecule has 0 spiro atoms. The number of methoxy groups -OCH3 is 1. The number of aromatic nitrogens is 2. The molecule has 1 N–H and O–H groups in total. The van der Waals surface area contributed by atoms with Crippen molar-refractivity contribution in [3.05, 3.63) is 76.7 Å². The van der Waals surface area contributed by atoms with Gasteiger partial charge in [-0.3, -0.25) is 9.58 Å².